The van der Waals surface area contributed by atoms with Gasteiger partial charge in [0.05, 0.1) is 0 Å². The Morgan fingerprint density at radius 2 is 1.58 bits per heavy atom. The zero-order valence-corrected chi connectivity index (χ0v) is 12.2. The van der Waals surface area contributed by atoms with Gasteiger partial charge in [0, 0.05) is 0 Å². The molecule has 0 atom stereocenters. The summed E-state index contributed by atoms with van der Waals surface area (Å²) in [5, 5.41) is 9.30. The molecule has 2 rings (SSSR count). The van der Waals surface area contributed by atoms with Crippen molar-refractivity contribution in [3.8, 4) is 5.75 Å². The van der Waals surface area contributed by atoms with Crippen LogP contribution < -0.4 is 0 Å². The van der Waals surface area contributed by atoms with Crippen LogP contribution in [0.15, 0.2) is 42.5 Å². The Kier molecular flexibility index (Phi) is 3.66. The van der Waals surface area contributed by atoms with E-state index in [2.05, 4.69) is 45.9 Å². The van der Waals surface area contributed by atoms with Gasteiger partial charge in [0.1, 0.15) is 5.75 Å². The van der Waals surface area contributed by atoms with Crippen LogP contribution in [0.2, 0.25) is 0 Å². The third-order valence-electron chi connectivity index (χ3n) is 3.54. The Balaban J connectivity index is 2.24. The van der Waals surface area contributed by atoms with Gasteiger partial charge in [0.25, 0.3) is 0 Å². The molecule has 0 bridgehead atoms. The molecule has 0 heterocycles. The van der Waals surface area contributed by atoms with Crippen LogP contribution in [0.1, 0.15) is 43.0 Å². The van der Waals surface area contributed by atoms with Gasteiger partial charge < -0.3 is 5.11 Å². The van der Waals surface area contributed by atoms with Crippen LogP contribution in [0, 0.1) is 6.92 Å². The van der Waals surface area contributed by atoms with Gasteiger partial charge in [0.15, 0.2) is 0 Å². The van der Waals surface area contributed by atoms with Crippen molar-refractivity contribution in [2.45, 2.75) is 39.5 Å². The van der Waals surface area contributed by atoms with E-state index in [1.54, 1.807) is 12.1 Å². The average Bonchev–Trinajstić information content (AvgIpc) is 2.33. The Bertz CT molecular complexity index is 559. The van der Waals surface area contributed by atoms with Crippen molar-refractivity contribution in [3.63, 3.8) is 0 Å². The largest absolute Gasteiger partial charge is 0.508 e. The zero-order valence-electron chi connectivity index (χ0n) is 12.2. The molecule has 0 saturated carbocycles. The fraction of sp³-hybridized carbons (Fsp3) is 0.333. The van der Waals surface area contributed by atoms with Crippen LogP contribution in [0.5, 0.6) is 5.75 Å². The highest BCUT2D eigenvalue weighted by molar-refractivity contribution is 5.38. The first-order valence-corrected chi connectivity index (χ1v) is 6.74. The molecule has 0 aromatic heterocycles. The van der Waals surface area contributed by atoms with Gasteiger partial charge in [0.2, 0.25) is 0 Å². The zero-order chi connectivity index (χ0) is 14.0. The van der Waals surface area contributed by atoms with Crippen molar-refractivity contribution in [1.29, 1.82) is 0 Å². The third kappa shape index (κ3) is 3.37. The molecular formula is C18H22O. The van der Waals surface area contributed by atoms with Gasteiger partial charge in [-0.3, -0.25) is 0 Å². The predicted octanol–water partition coefficient (Wildman–Crippen LogP) is 4.59. The lowest BCUT2D eigenvalue weighted by molar-refractivity contribution is 0.475. The number of hydrogen-bond acceptors (Lipinski definition) is 1. The van der Waals surface area contributed by atoms with E-state index in [-0.39, 0.29) is 5.41 Å². The van der Waals surface area contributed by atoms with Crippen molar-refractivity contribution in [1.82, 2.24) is 0 Å². The van der Waals surface area contributed by atoms with Crippen molar-refractivity contribution in [3.05, 3.63) is 64.7 Å². The molecule has 0 amide bonds. The standard InChI is InChI=1S/C18H22O/c1-13-11-16(18(2,3)4)8-7-15(13)12-14-5-9-17(19)10-6-14/h5-11,19H,12H2,1-4H3. The van der Waals surface area contributed by atoms with Crippen LogP contribution in [0.25, 0.3) is 0 Å². The molecule has 19 heavy (non-hydrogen) atoms. The van der Waals surface area contributed by atoms with Crippen LogP contribution in [-0.2, 0) is 11.8 Å². The lowest BCUT2D eigenvalue weighted by Crippen LogP contribution is -2.11. The maximum Gasteiger partial charge on any atom is 0.115 e. The second-order valence-electron chi connectivity index (χ2n) is 6.23. The van der Waals surface area contributed by atoms with Crippen molar-refractivity contribution in [2.75, 3.05) is 0 Å². The molecular weight excluding hydrogens is 232 g/mol. The first-order chi connectivity index (χ1) is 8.86. The van der Waals surface area contributed by atoms with Gasteiger partial charge in [-0.05, 0) is 53.1 Å². The smallest absolute Gasteiger partial charge is 0.115 e. The van der Waals surface area contributed by atoms with Gasteiger partial charge >= 0.3 is 0 Å². The molecule has 100 valence electrons. The highest BCUT2D eigenvalue weighted by atomic mass is 16.3. The topological polar surface area (TPSA) is 20.2 Å². The molecule has 1 nitrogen and oxygen atoms in total. The summed E-state index contributed by atoms with van der Waals surface area (Å²) in [6.07, 6.45) is 0.913. The van der Waals surface area contributed by atoms with E-state index in [1.165, 1.54) is 22.3 Å². The summed E-state index contributed by atoms with van der Waals surface area (Å²) in [5.41, 5.74) is 5.48. The second kappa shape index (κ2) is 5.08. The van der Waals surface area contributed by atoms with Crippen molar-refractivity contribution < 1.29 is 5.11 Å². The third-order valence-corrected chi connectivity index (χ3v) is 3.54. The summed E-state index contributed by atoms with van der Waals surface area (Å²) in [5.74, 6) is 0.323. The summed E-state index contributed by atoms with van der Waals surface area (Å²) in [6, 6.07) is 14.2. The number of benzene rings is 2. The summed E-state index contributed by atoms with van der Waals surface area (Å²) in [7, 11) is 0. The number of aromatic hydroxyl groups is 1. The molecule has 0 aliphatic rings. The van der Waals surface area contributed by atoms with E-state index in [4.69, 9.17) is 0 Å². The molecule has 1 heteroatoms. The Morgan fingerprint density at radius 3 is 2.11 bits per heavy atom. The normalized spacial score (nSPS) is 11.6. The minimum absolute atomic E-state index is 0.196. The summed E-state index contributed by atoms with van der Waals surface area (Å²) in [4.78, 5) is 0. The number of aryl methyl sites for hydroxylation is 1. The van der Waals surface area contributed by atoms with E-state index in [0.717, 1.165) is 6.42 Å². The van der Waals surface area contributed by atoms with Gasteiger partial charge in [-0.15, -0.1) is 0 Å². The second-order valence-corrected chi connectivity index (χ2v) is 6.23. The lowest BCUT2D eigenvalue weighted by Gasteiger charge is -2.20. The quantitative estimate of drug-likeness (QED) is 0.831. The highest BCUT2D eigenvalue weighted by Crippen LogP contribution is 2.25. The molecule has 0 aliphatic carbocycles. The van der Waals surface area contributed by atoms with Gasteiger partial charge in [-0.25, -0.2) is 0 Å². The predicted molar refractivity (Wildman–Crippen MR) is 80.8 cm³/mol. The number of rotatable bonds is 2. The Morgan fingerprint density at radius 1 is 0.947 bits per heavy atom. The summed E-state index contributed by atoms with van der Waals surface area (Å²) < 4.78 is 0. The molecule has 1 N–H and O–H groups in total. The van der Waals surface area contributed by atoms with Crippen LogP contribution in [0.3, 0.4) is 0 Å². The van der Waals surface area contributed by atoms with E-state index in [0.29, 0.717) is 5.75 Å². The molecule has 2 aromatic rings. The first kappa shape index (κ1) is 13.7. The minimum Gasteiger partial charge on any atom is -0.508 e. The lowest BCUT2D eigenvalue weighted by atomic mass is 9.85. The van der Waals surface area contributed by atoms with Crippen molar-refractivity contribution in [2.24, 2.45) is 0 Å². The Labute approximate surface area is 115 Å². The van der Waals surface area contributed by atoms with E-state index in [9.17, 15) is 5.11 Å². The summed E-state index contributed by atoms with van der Waals surface area (Å²) >= 11 is 0. The molecule has 2 aromatic carbocycles. The fourth-order valence-corrected chi connectivity index (χ4v) is 2.19. The first-order valence-electron chi connectivity index (χ1n) is 6.74. The number of phenolic OH excluding ortho intramolecular Hbond substituents is 1. The molecule has 0 fully saturated rings. The molecule has 0 saturated heterocycles. The highest BCUT2D eigenvalue weighted by Gasteiger charge is 2.14. The fourth-order valence-electron chi connectivity index (χ4n) is 2.19. The van der Waals surface area contributed by atoms with Crippen LogP contribution in [0.4, 0.5) is 0 Å². The maximum atomic E-state index is 9.30. The van der Waals surface area contributed by atoms with Crippen LogP contribution >= 0.6 is 0 Å². The minimum atomic E-state index is 0.196. The monoisotopic (exact) mass is 254 g/mol. The van der Waals surface area contributed by atoms with E-state index in [1.807, 2.05) is 12.1 Å². The SMILES string of the molecule is Cc1cc(C(C)(C)C)ccc1Cc1ccc(O)cc1. The van der Waals surface area contributed by atoms with Crippen LogP contribution in [-0.4, -0.2) is 5.11 Å². The number of hydrogen-bond donors (Lipinski definition) is 1. The van der Waals surface area contributed by atoms with E-state index >= 15 is 0 Å². The number of phenols is 1. The maximum absolute atomic E-state index is 9.30. The molecule has 0 unspecified atom stereocenters. The Hall–Kier alpha value is -1.76. The van der Waals surface area contributed by atoms with Gasteiger partial charge in [-0.1, -0.05) is 51.1 Å². The average molecular weight is 254 g/mol. The van der Waals surface area contributed by atoms with Gasteiger partial charge in [-0.2, -0.15) is 0 Å². The van der Waals surface area contributed by atoms with Crippen molar-refractivity contribution >= 4 is 0 Å². The van der Waals surface area contributed by atoms with E-state index < -0.39 is 0 Å². The molecule has 0 radical (unpaired) electrons. The summed E-state index contributed by atoms with van der Waals surface area (Å²) in [6.45, 7) is 8.88. The molecule has 0 spiro atoms. The molecule has 0 aliphatic heterocycles.